The molecule has 0 radical (unpaired) electrons. The summed E-state index contributed by atoms with van der Waals surface area (Å²) in [5.41, 5.74) is 8.10. The number of pyridine rings is 1. The van der Waals surface area contributed by atoms with Crippen molar-refractivity contribution in [2.24, 2.45) is 5.73 Å². The van der Waals surface area contributed by atoms with Crippen LogP contribution in [0.4, 0.5) is 10.1 Å². The Labute approximate surface area is 93.7 Å². The van der Waals surface area contributed by atoms with Crippen molar-refractivity contribution in [1.29, 1.82) is 0 Å². The first-order chi connectivity index (χ1) is 7.61. The van der Waals surface area contributed by atoms with Crippen molar-refractivity contribution in [2.75, 3.05) is 19.0 Å². The second-order valence-electron chi connectivity index (χ2n) is 3.89. The molecule has 84 valence electrons. The van der Waals surface area contributed by atoms with Crippen LogP contribution >= 0.6 is 0 Å². The number of halogens is 1. The van der Waals surface area contributed by atoms with E-state index in [-0.39, 0.29) is 5.82 Å². The number of hydrogen-bond acceptors (Lipinski definition) is 3. The molecule has 0 saturated carbocycles. The number of benzene rings is 1. The summed E-state index contributed by atoms with van der Waals surface area (Å²) in [5, 5.41) is 0.808. The van der Waals surface area contributed by atoms with Crippen LogP contribution in [0.3, 0.4) is 0 Å². The monoisotopic (exact) mass is 219 g/mol. The van der Waals surface area contributed by atoms with Crippen molar-refractivity contribution in [3.05, 3.63) is 35.8 Å². The molecule has 0 aliphatic rings. The second-order valence-corrected chi connectivity index (χ2v) is 3.89. The second kappa shape index (κ2) is 4.06. The molecule has 4 heteroatoms. The molecule has 0 bridgehead atoms. The zero-order chi connectivity index (χ0) is 11.7. The van der Waals surface area contributed by atoms with Gasteiger partial charge in [-0.15, -0.1) is 0 Å². The topological polar surface area (TPSA) is 42.1 Å². The van der Waals surface area contributed by atoms with E-state index in [1.165, 1.54) is 12.1 Å². The lowest BCUT2D eigenvalue weighted by atomic mass is 10.1. The van der Waals surface area contributed by atoms with Crippen LogP contribution in [0.15, 0.2) is 24.3 Å². The van der Waals surface area contributed by atoms with Crippen molar-refractivity contribution in [1.82, 2.24) is 4.98 Å². The van der Waals surface area contributed by atoms with Crippen LogP contribution in [0.25, 0.3) is 10.9 Å². The molecule has 1 heterocycles. The fourth-order valence-corrected chi connectivity index (χ4v) is 1.71. The quantitative estimate of drug-likeness (QED) is 0.838. The lowest BCUT2D eigenvalue weighted by Crippen LogP contribution is -2.11. The Morgan fingerprint density at radius 1 is 1.31 bits per heavy atom. The molecule has 2 rings (SSSR count). The molecule has 2 N–H and O–H groups in total. The molecule has 16 heavy (non-hydrogen) atoms. The number of hydrogen-bond donors (Lipinski definition) is 1. The van der Waals surface area contributed by atoms with Crippen LogP contribution in [0.2, 0.25) is 0 Å². The average molecular weight is 219 g/mol. The molecule has 0 unspecified atom stereocenters. The number of aromatic nitrogens is 1. The fourth-order valence-electron chi connectivity index (χ4n) is 1.71. The largest absolute Gasteiger partial charge is 0.377 e. The van der Waals surface area contributed by atoms with Gasteiger partial charge in [0.05, 0.1) is 11.2 Å². The van der Waals surface area contributed by atoms with Gasteiger partial charge in [-0.3, -0.25) is 4.98 Å². The van der Waals surface area contributed by atoms with Crippen molar-refractivity contribution in [3.63, 3.8) is 0 Å². The maximum absolute atomic E-state index is 13.2. The number of fused-ring (bicyclic) bond motifs is 1. The van der Waals surface area contributed by atoms with E-state index >= 15 is 0 Å². The SMILES string of the molecule is CN(C)c1cc(CN)nc2ccc(F)cc12. The summed E-state index contributed by atoms with van der Waals surface area (Å²) >= 11 is 0. The predicted octanol–water partition coefficient (Wildman–Crippen LogP) is 1.90. The summed E-state index contributed by atoms with van der Waals surface area (Å²) in [4.78, 5) is 6.29. The summed E-state index contributed by atoms with van der Waals surface area (Å²) in [6.07, 6.45) is 0. The Hall–Kier alpha value is -1.68. The number of anilines is 1. The highest BCUT2D eigenvalue weighted by Gasteiger charge is 2.07. The van der Waals surface area contributed by atoms with E-state index in [2.05, 4.69) is 4.98 Å². The highest BCUT2D eigenvalue weighted by atomic mass is 19.1. The third-order valence-corrected chi connectivity index (χ3v) is 2.49. The first-order valence-corrected chi connectivity index (χ1v) is 5.08. The van der Waals surface area contributed by atoms with E-state index in [1.807, 2.05) is 25.1 Å². The minimum atomic E-state index is -0.252. The first kappa shape index (κ1) is 10.8. The molecule has 1 aromatic heterocycles. The Morgan fingerprint density at radius 2 is 2.06 bits per heavy atom. The minimum Gasteiger partial charge on any atom is -0.377 e. The van der Waals surface area contributed by atoms with E-state index in [0.29, 0.717) is 6.54 Å². The van der Waals surface area contributed by atoms with Gasteiger partial charge in [-0.2, -0.15) is 0 Å². The van der Waals surface area contributed by atoms with E-state index in [0.717, 1.165) is 22.3 Å². The molecule has 0 fully saturated rings. The van der Waals surface area contributed by atoms with Gasteiger partial charge in [0, 0.05) is 31.7 Å². The predicted molar refractivity (Wildman–Crippen MR) is 63.9 cm³/mol. The molecule has 0 aliphatic carbocycles. The normalized spacial score (nSPS) is 10.8. The van der Waals surface area contributed by atoms with Gasteiger partial charge in [0.1, 0.15) is 5.82 Å². The highest BCUT2D eigenvalue weighted by molar-refractivity contribution is 5.91. The van der Waals surface area contributed by atoms with Gasteiger partial charge in [0.2, 0.25) is 0 Å². The third kappa shape index (κ3) is 1.84. The van der Waals surface area contributed by atoms with Crippen LogP contribution in [0, 0.1) is 5.82 Å². The van der Waals surface area contributed by atoms with E-state index in [4.69, 9.17) is 5.73 Å². The van der Waals surface area contributed by atoms with Crippen LogP contribution in [-0.2, 0) is 6.54 Å². The molecule has 0 atom stereocenters. The minimum absolute atomic E-state index is 0.252. The van der Waals surface area contributed by atoms with Gasteiger partial charge >= 0.3 is 0 Å². The van der Waals surface area contributed by atoms with Crippen LogP contribution < -0.4 is 10.6 Å². The number of nitrogens with zero attached hydrogens (tertiary/aromatic N) is 2. The van der Waals surface area contributed by atoms with Crippen LogP contribution in [0.5, 0.6) is 0 Å². The smallest absolute Gasteiger partial charge is 0.124 e. The highest BCUT2D eigenvalue weighted by Crippen LogP contribution is 2.25. The average Bonchev–Trinajstić information content (AvgIpc) is 2.27. The van der Waals surface area contributed by atoms with Crippen LogP contribution in [-0.4, -0.2) is 19.1 Å². The van der Waals surface area contributed by atoms with Gasteiger partial charge < -0.3 is 10.6 Å². The van der Waals surface area contributed by atoms with Crippen molar-refractivity contribution < 1.29 is 4.39 Å². The van der Waals surface area contributed by atoms with Crippen LogP contribution in [0.1, 0.15) is 5.69 Å². The summed E-state index contributed by atoms with van der Waals surface area (Å²) in [5.74, 6) is -0.252. The maximum Gasteiger partial charge on any atom is 0.124 e. The van der Waals surface area contributed by atoms with Gasteiger partial charge in [-0.1, -0.05) is 0 Å². The maximum atomic E-state index is 13.2. The molecule has 1 aromatic carbocycles. The Kier molecular flexibility index (Phi) is 2.75. The van der Waals surface area contributed by atoms with Crippen molar-refractivity contribution >= 4 is 16.6 Å². The summed E-state index contributed by atoms with van der Waals surface area (Å²) in [6, 6.07) is 6.48. The molecule has 3 nitrogen and oxygen atoms in total. The van der Waals surface area contributed by atoms with E-state index in [1.54, 1.807) is 6.07 Å². The molecule has 2 aromatic rings. The molecule has 0 saturated heterocycles. The van der Waals surface area contributed by atoms with Gasteiger partial charge in [-0.05, 0) is 24.3 Å². The van der Waals surface area contributed by atoms with Gasteiger partial charge in [-0.25, -0.2) is 4.39 Å². The van der Waals surface area contributed by atoms with Gasteiger partial charge in [0.25, 0.3) is 0 Å². The summed E-state index contributed by atoms with van der Waals surface area (Å²) in [7, 11) is 3.83. The third-order valence-electron chi connectivity index (χ3n) is 2.49. The molecule has 0 amide bonds. The Morgan fingerprint density at radius 3 is 2.69 bits per heavy atom. The lowest BCUT2D eigenvalue weighted by Gasteiger charge is -2.16. The zero-order valence-corrected chi connectivity index (χ0v) is 9.37. The molecule has 0 spiro atoms. The Balaban J connectivity index is 2.77. The van der Waals surface area contributed by atoms with E-state index < -0.39 is 0 Å². The van der Waals surface area contributed by atoms with Gasteiger partial charge in [0.15, 0.2) is 0 Å². The zero-order valence-electron chi connectivity index (χ0n) is 9.37. The first-order valence-electron chi connectivity index (χ1n) is 5.08. The summed E-state index contributed by atoms with van der Waals surface area (Å²) < 4.78 is 13.2. The molecular weight excluding hydrogens is 205 g/mol. The van der Waals surface area contributed by atoms with Crippen molar-refractivity contribution in [2.45, 2.75) is 6.54 Å². The Bertz CT molecular complexity index is 523. The lowest BCUT2D eigenvalue weighted by molar-refractivity contribution is 0.629. The summed E-state index contributed by atoms with van der Waals surface area (Å²) in [6.45, 7) is 0.383. The molecule has 0 aliphatic heterocycles. The number of nitrogens with two attached hydrogens (primary N) is 1. The fraction of sp³-hybridized carbons (Fsp3) is 0.250. The molecular formula is C12H14FN3. The van der Waals surface area contributed by atoms with E-state index in [9.17, 15) is 4.39 Å². The standard InChI is InChI=1S/C12H14FN3/c1-16(2)12-6-9(7-14)15-11-4-3-8(13)5-10(11)12/h3-6H,7,14H2,1-2H3. The van der Waals surface area contributed by atoms with Crippen molar-refractivity contribution in [3.8, 4) is 0 Å². The number of rotatable bonds is 2.